The summed E-state index contributed by atoms with van der Waals surface area (Å²) in [6.07, 6.45) is 11.6. The number of carbonyl (C=O) groups excluding carboxylic acids is 6. The first-order chi connectivity index (χ1) is 44.6. The number of anilines is 2. The van der Waals surface area contributed by atoms with Crippen LogP contribution in [0.4, 0.5) is 11.6 Å². The Bertz CT molecular complexity index is 3810. The van der Waals surface area contributed by atoms with Crippen LogP contribution >= 0.6 is 0 Å². The SMILES string of the molecule is CCCCc1nc2c([nH]1)c(N)nc1cc(CCCCCNC(=O)[C@@H](CC(=O)CCOCCC(=O)O)CS(=O)(=O)O)ccc12.CCCCc1nc2c([nH]1)c(N)nc1cc(CCCCCNC(=O)[C@@H](N)CS(=O)(=O)O)ccc12.O=C(O)CCOCCC(=O)ON1C(=O)CCC1=O. The number of ketones is 1. The van der Waals surface area contributed by atoms with Crippen LogP contribution in [0.3, 0.4) is 0 Å². The van der Waals surface area contributed by atoms with E-state index in [9.17, 15) is 59.7 Å². The number of carboxylic acids is 2. The predicted octanol–water partition coefficient (Wildman–Crippen LogP) is 4.76. The maximum absolute atomic E-state index is 12.6. The molecule has 0 unspecified atom stereocenters. The number of Topliss-reactive ketones (excluding diaryl/α,β-unsaturated/α-hetero) is 1. The van der Waals surface area contributed by atoms with Gasteiger partial charge in [0.25, 0.3) is 32.1 Å². The molecule has 33 heteroatoms. The number of hydrogen-bond acceptors (Lipinski definition) is 22. The largest absolute Gasteiger partial charge is 0.481 e. The third kappa shape index (κ3) is 26.6. The molecule has 2 atom stereocenters. The average molecular weight is 1360 g/mol. The third-order valence-corrected chi connectivity index (χ3v) is 16.2. The van der Waals surface area contributed by atoms with Crippen molar-refractivity contribution < 1.29 is 88.8 Å². The summed E-state index contributed by atoms with van der Waals surface area (Å²) in [5, 5.41) is 24.5. The van der Waals surface area contributed by atoms with Gasteiger partial charge in [-0.2, -0.15) is 16.8 Å². The lowest BCUT2D eigenvalue weighted by molar-refractivity contribution is -0.198. The fourth-order valence-electron chi connectivity index (χ4n) is 9.74. The number of ether oxygens (including phenoxy) is 2. The minimum absolute atomic E-state index is 0.00973. The summed E-state index contributed by atoms with van der Waals surface area (Å²) in [7, 11) is -8.76. The maximum Gasteiger partial charge on any atom is 0.335 e. The Morgan fingerprint density at radius 3 is 1.49 bits per heavy atom. The van der Waals surface area contributed by atoms with Gasteiger partial charge in [0.1, 0.15) is 57.2 Å². The van der Waals surface area contributed by atoms with Crippen molar-refractivity contribution in [3.8, 4) is 0 Å². The van der Waals surface area contributed by atoms with Crippen molar-refractivity contribution in [2.45, 2.75) is 155 Å². The molecule has 0 spiro atoms. The minimum Gasteiger partial charge on any atom is -0.481 e. The number of benzene rings is 2. The number of unbranched alkanes of at least 4 members (excludes halogenated alkanes) is 6. The molecule has 1 aliphatic heterocycles. The van der Waals surface area contributed by atoms with E-state index in [1.54, 1.807) is 0 Å². The lowest BCUT2D eigenvalue weighted by atomic mass is 10.0. The number of aromatic amines is 2. The molecule has 7 rings (SSSR count). The summed E-state index contributed by atoms with van der Waals surface area (Å²) >= 11 is 0. The molecule has 1 fully saturated rings. The Hall–Kier alpha value is -8.34. The van der Waals surface area contributed by atoms with Crippen LogP contribution < -0.4 is 27.8 Å². The summed E-state index contributed by atoms with van der Waals surface area (Å²) in [6.45, 7) is 4.83. The Morgan fingerprint density at radius 2 is 1.04 bits per heavy atom. The Balaban J connectivity index is 0.000000277. The number of fused-ring (bicyclic) bond motifs is 6. The summed E-state index contributed by atoms with van der Waals surface area (Å²) in [6, 6.07) is 11.0. The number of nitrogen functional groups attached to an aromatic ring is 2. The Morgan fingerprint density at radius 1 is 0.596 bits per heavy atom. The molecule has 14 N–H and O–H groups in total. The second-order valence-corrected chi connectivity index (χ2v) is 25.5. The van der Waals surface area contributed by atoms with Crippen LogP contribution in [0.2, 0.25) is 0 Å². The first kappa shape index (κ1) is 76.4. The molecular weight excluding hydrogens is 1270 g/mol. The zero-order valence-electron chi connectivity index (χ0n) is 52.8. The van der Waals surface area contributed by atoms with E-state index in [0.717, 1.165) is 150 Å². The van der Waals surface area contributed by atoms with E-state index in [0.29, 0.717) is 36.2 Å². The fourth-order valence-corrected chi connectivity index (χ4v) is 11.1. The number of imide groups is 1. The molecule has 31 nitrogen and oxygen atoms in total. The topological polar surface area (TPSA) is 502 Å². The van der Waals surface area contributed by atoms with E-state index in [2.05, 4.69) is 61.4 Å². The molecule has 5 heterocycles. The number of aliphatic carboxylic acids is 2. The number of aromatic nitrogens is 6. The second kappa shape index (κ2) is 38.1. The number of nitrogens with zero attached hydrogens (tertiary/aromatic N) is 5. The number of hydrogen-bond donors (Lipinski definition) is 11. The molecule has 4 aromatic heterocycles. The summed E-state index contributed by atoms with van der Waals surface area (Å²) in [4.78, 5) is 120. The highest BCUT2D eigenvalue weighted by atomic mass is 32.2. The number of rotatable bonds is 39. The summed E-state index contributed by atoms with van der Waals surface area (Å²) in [5.74, 6) is -5.69. The first-order valence-electron chi connectivity index (χ1n) is 31.2. The van der Waals surface area contributed by atoms with E-state index >= 15 is 0 Å². The maximum atomic E-state index is 12.6. The van der Waals surface area contributed by atoms with Crippen LogP contribution in [0.15, 0.2) is 36.4 Å². The van der Waals surface area contributed by atoms with Gasteiger partial charge >= 0.3 is 17.9 Å². The smallest absolute Gasteiger partial charge is 0.335 e. The molecule has 516 valence electrons. The highest BCUT2D eigenvalue weighted by molar-refractivity contribution is 7.86. The number of carboxylic acid groups (broad SMARTS) is 2. The number of nitrogens with one attached hydrogen (secondary N) is 4. The van der Waals surface area contributed by atoms with E-state index in [1.807, 2.05) is 24.3 Å². The van der Waals surface area contributed by atoms with E-state index in [4.69, 9.17) is 51.4 Å². The number of amides is 4. The highest BCUT2D eigenvalue weighted by Crippen LogP contribution is 2.30. The van der Waals surface area contributed by atoms with Crippen molar-refractivity contribution in [2.75, 3.05) is 62.5 Å². The number of H-pyrrole nitrogens is 2. The summed E-state index contributed by atoms with van der Waals surface area (Å²) < 4.78 is 72.3. The monoisotopic (exact) mass is 1350 g/mol. The molecular formula is C61H86N12O19S2. The van der Waals surface area contributed by atoms with E-state index in [-0.39, 0.29) is 71.4 Å². The minimum atomic E-state index is -4.48. The van der Waals surface area contributed by atoms with Gasteiger partial charge in [-0.05, 0) is 74.6 Å². The average Bonchev–Trinajstić information content (AvgIpc) is 1.55. The van der Waals surface area contributed by atoms with Gasteiger partial charge in [0.15, 0.2) is 0 Å². The number of carbonyl (C=O) groups is 8. The van der Waals surface area contributed by atoms with Gasteiger partial charge in [0.05, 0.1) is 74.1 Å². The van der Waals surface area contributed by atoms with Gasteiger partial charge in [-0.25, -0.2) is 24.7 Å². The number of nitrogens with two attached hydrogens (primary N) is 3. The van der Waals surface area contributed by atoms with Crippen LogP contribution in [0.1, 0.15) is 146 Å². The quantitative estimate of drug-likeness (QED) is 0.0141. The lowest BCUT2D eigenvalue weighted by Crippen LogP contribution is -2.45. The molecule has 0 aliphatic carbocycles. The molecule has 0 radical (unpaired) electrons. The summed E-state index contributed by atoms with van der Waals surface area (Å²) in [5.41, 5.74) is 24.9. The molecule has 94 heavy (non-hydrogen) atoms. The highest BCUT2D eigenvalue weighted by Gasteiger charge is 2.33. The van der Waals surface area contributed by atoms with Crippen molar-refractivity contribution in [3.63, 3.8) is 0 Å². The van der Waals surface area contributed by atoms with Crippen LogP contribution in [0.5, 0.6) is 0 Å². The number of hydroxylamine groups is 2. The van der Waals surface area contributed by atoms with Gasteiger partial charge < -0.3 is 62.3 Å². The standard InChI is InChI=1S/C29H41N5O8S.C22H32N6O4S.C10H13NO7/c1-2-3-8-24-33-26-22-10-9-19(16-23(22)32-28(30)27(26)34-24)7-5-4-6-13-31-29(38)20(18-43(39,40)41)17-21(35)11-14-42-15-12-25(36)37;1-2-3-8-18-27-19-15-10-9-14(12-17(15)26-21(24)20(19)28-18)7-5-4-6-11-25-22(29)16(23)13-33(30,31)32;12-7-1-2-8(13)11(7)18-10(16)4-6-17-5-3-9(14)15/h9-10,16,20H,2-8,11-15,17-18H2,1H3,(H2,30,32)(H,31,38)(H,33,34)(H,36,37)(H,39,40,41);9-10,12,16H,2-8,11,13,23H2,1H3,(H2,24,26)(H,25,29)(H,27,28)(H,30,31,32);1-6H2,(H,14,15)/t20-;16-;/m00./s1. The predicted molar refractivity (Wildman–Crippen MR) is 346 cm³/mol. The van der Waals surface area contributed by atoms with Gasteiger partial charge in [-0.3, -0.25) is 42.7 Å². The molecule has 2 aromatic carbocycles. The Kier molecular flexibility index (Phi) is 31.0. The van der Waals surface area contributed by atoms with Gasteiger partial charge in [-0.1, -0.05) is 63.8 Å². The van der Waals surface area contributed by atoms with Crippen LogP contribution in [0, 0.1) is 5.92 Å². The van der Waals surface area contributed by atoms with Crippen LogP contribution in [0.25, 0.3) is 43.9 Å². The molecule has 4 amide bonds. The lowest BCUT2D eigenvalue weighted by Gasteiger charge is -2.15. The van der Waals surface area contributed by atoms with Gasteiger partial charge in [0, 0.05) is 62.4 Å². The number of aryl methyl sites for hydroxylation is 4. The van der Waals surface area contributed by atoms with Crippen LogP contribution in [-0.4, -0.2) is 176 Å². The first-order valence-corrected chi connectivity index (χ1v) is 34.4. The van der Waals surface area contributed by atoms with Crippen molar-refractivity contribution in [1.29, 1.82) is 0 Å². The van der Waals surface area contributed by atoms with Gasteiger partial charge in [-0.15, -0.1) is 5.06 Å². The molecule has 6 aromatic rings. The zero-order chi connectivity index (χ0) is 69.0. The fraction of sp³-hybridized carbons (Fsp3) is 0.541. The molecule has 0 saturated carbocycles. The van der Waals surface area contributed by atoms with Crippen molar-refractivity contribution in [1.82, 2.24) is 45.6 Å². The molecule has 0 bridgehead atoms. The Labute approximate surface area is 543 Å². The van der Waals surface area contributed by atoms with Crippen LogP contribution in [-0.2, 0) is 98.6 Å². The second-order valence-electron chi connectivity index (χ2n) is 22.5. The normalized spacial score (nSPS) is 13.1. The van der Waals surface area contributed by atoms with Crippen molar-refractivity contribution in [3.05, 3.63) is 59.2 Å². The molecule has 1 saturated heterocycles. The van der Waals surface area contributed by atoms with Gasteiger partial charge in [0.2, 0.25) is 11.8 Å². The van der Waals surface area contributed by atoms with E-state index in [1.165, 1.54) is 0 Å². The zero-order valence-corrected chi connectivity index (χ0v) is 54.5. The third-order valence-electron chi connectivity index (χ3n) is 14.6. The van der Waals surface area contributed by atoms with E-state index < -0.39 is 91.0 Å². The van der Waals surface area contributed by atoms with Crippen molar-refractivity contribution in [2.24, 2.45) is 11.7 Å². The van der Waals surface area contributed by atoms with Crippen molar-refractivity contribution >= 4 is 123 Å². The molecule has 1 aliphatic rings. The number of imidazole rings is 2. The number of pyridine rings is 2.